The maximum atomic E-state index is 12.7. The third-order valence-electron chi connectivity index (χ3n) is 4.17. The summed E-state index contributed by atoms with van der Waals surface area (Å²) in [6.07, 6.45) is 7.30. The van der Waals surface area contributed by atoms with Crippen molar-refractivity contribution in [1.29, 1.82) is 0 Å². The Balaban J connectivity index is 1.50. The zero-order valence-corrected chi connectivity index (χ0v) is 12.6. The summed E-state index contributed by atoms with van der Waals surface area (Å²) in [5.41, 5.74) is 1.12. The maximum Gasteiger partial charge on any atom is 0.274 e. The largest absolute Gasteiger partial charge is 0.463 e. The van der Waals surface area contributed by atoms with Crippen LogP contribution in [-0.2, 0) is 0 Å². The number of amides is 1. The van der Waals surface area contributed by atoms with E-state index in [9.17, 15) is 4.79 Å². The van der Waals surface area contributed by atoms with Crippen LogP contribution in [0.1, 0.15) is 29.4 Å². The van der Waals surface area contributed by atoms with E-state index >= 15 is 0 Å². The number of hydrogen-bond donors (Lipinski definition) is 1. The average Bonchev–Trinajstić information content (AvgIpc) is 3.36. The number of rotatable bonds is 3. The minimum atomic E-state index is -0.0593. The Kier molecular flexibility index (Phi) is 3.45. The number of furan rings is 1. The van der Waals surface area contributed by atoms with Gasteiger partial charge in [-0.3, -0.25) is 14.6 Å². The molecule has 0 bridgehead atoms. The highest BCUT2D eigenvalue weighted by molar-refractivity contribution is 5.93. The van der Waals surface area contributed by atoms with E-state index in [2.05, 4.69) is 15.3 Å². The number of carbonyl (C=O) groups excluding carboxylic acids is 1. The second kappa shape index (κ2) is 5.75. The average molecular weight is 311 g/mol. The summed E-state index contributed by atoms with van der Waals surface area (Å²) in [5.74, 6) is 0.612. The highest BCUT2D eigenvalue weighted by Gasteiger charge is 2.27. The molecule has 0 unspecified atom stereocenters. The molecule has 7 nitrogen and oxygen atoms in total. The standard InChI is InChI=1S/C16H17N5O2/c22-16(14-10-13(18-19-14)15-5-2-9-23-15)20-7-1-4-12(11-20)21-8-3-6-17-21/h2-3,5-6,8-10,12H,1,4,7,11H2,(H,18,19)/t12-/m1/s1. The fourth-order valence-corrected chi connectivity index (χ4v) is 3.00. The molecule has 0 aromatic carbocycles. The van der Waals surface area contributed by atoms with Gasteiger partial charge in [0.15, 0.2) is 11.5 Å². The fourth-order valence-electron chi connectivity index (χ4n) is 3.00. The third kappa shape index (κ3) is 2.65. The van der Waals surface area contributed by atoms with Crippen LogP contribution in [0.3, 0.4) is 0 Å². The molecule has 0 saturated carbocycles. The SMILES string of the molecule is O=C(c1cc(-c2ccco2)[nH]n1)N1CCC[C@@H](n2cccn2)C1. The van der Waals surface area contributed by atoms with Crippen LogP contribution in [0.25, 0.3) is 11.5 Å². The summed E-state index contributed by atoms with van der Waals surface area (Å²) in [4.78, 5) is 14.5. The molecule has 0 aliphatic carbocycles. The van der Waals surface area contributed by atoms with Crippen molar-refractivity contribution in [2.24, 2.45) is 0 Å². The van der Waals surface area contributed by atoms with Crippen LogP contribution in [0.5, 0.6) is 0 Å². The molecule has 0 radical (unpaired) electrons. The molecule has 1 saturated heterocycles. The molecule has 3 aromatic rings. The molecular weight excluding hydrogens is 294 g/mol. The van der Waals surface area contributed by atoms with Gasteiger partial charge in [0.2, 0.25) is 0 Å². The van der Waals surface area contributed by atoms with Crippen molar-refractivity contribution in [3.05, 3.63) is 48.6 Å². The number of hydrogen-bond acceptors (Lipinski definition) is 4. The van der Waals surface area contributed by atoms with Crippen molar-refractivity contribution in [2.45, 2.75) is 18.9 Å². The molecule has 23 heavy (non-hydrogen) atoms. The number of likely N-dealkylation sites (tertiary alicyclic amines) is 1. The number of nitrogens with zero attached hydrogens (tertiary/aromatic N) is 4. The number of aromatic nitrogens is 4. The van der Waals surface area contributed by atoms with Crippen molar-refractivity contribution < 1.29 is 9.21 Å². The molecule has 118 valence electrons. The smallest absolute Gasteiger partial charge is 0.274 e. The van der Waals surface area contributed by atoms with Crippen LogP contribution in [0.2, 0.25) is 0 Å². The number of carbonyl (C=O) groups is 1. The molecule has 1 aliphatic rings. The first-order chi connectivity index (χ1) is 11.3. The van der Waals surface area contributed by atoms with Gasteiger partial charge in [0.05, 0.1) is 12.3 Å². The molecule has 1 amide bonds. The summed E-state index contributed by atoms with van der Waals surface area (Å²) >= 11 is 0. The van der Waals surface area contributed by atoms with Crippen LogP contribution < -0.4 is 0 Å². The molecule has 1 aliphatic heterocycles. The predicted molar refractivity (Wildman–Crippen MR) is 82.7 cm³/mol. The first-order valence-electron chi connectivity index (χ1n) is 7.69. The lowest BCUT2D eigenvalue weighted by Crippen LogP contribution is -2.41. The monoisotopic (exact) mass is 311 g/mol. The molecule has 4 heterocycles. The van der Waals surface area contributed by atoms with E-state index < -0.39 is 0 Å². The molecule has 4 rings (SSSR count). The van der Waals surface area contributed by atoms with Gasteiger partial charge in [-0.15, -0.1) is 0 Å². The van der Waals surface area contributed by atoms with Gasteiger partial charge in [0, 0.05) is 31.5 Å². The molecule has 0 spiro atoms. The van der Waals surface area contributed by atoms with Crippen molar-refractivity contribution in [3.63, 3.8) is 0 Å². The Morgan fingerprint density at radius 1 is 1.39 bits per heavy atom. The minimum absolute atomic E-state index is 0.0593. The zero-order chi connectivity index (χ0) is 15.6. The minimum Gasteiger partial charge on any atom is -0.463 e. The molecule has 1 fully saturated rings. The lowest BCUT2D eigenvalue weighted by molar-refractivity contribution is 0.0667. The molecule has 1 atom stereocenters. The van der Waals surface area contributed by atoms with E-state index in [1.165, 1.54) is 0 Å². The second-order valence-electron chi connectivity index (χ2n) is 5.68. The Bertz CT molecular complexity index is 775. The summed E-state index contributed by atoms with van der Waals surface area (Å²) in [6.45, 7) is 1.41. The highest BCUT2D eigenvalue weighted by Crippen LogP contribution is 2.23. The normalized spacial score (nSPS) is 18.3. The molecule has 7 heteroatoms. The van der Waals surface area contributed by atoms with Gasteiger partial charge >= 0.3 is 0 Å². The Labute approximate surface area is 132 Å². The van der Waals surface area contributed by atoms with Crippen molar-refractivity contribution in [2.75, 3.05) is 13.1 Å². The molecular formula is C16H17N5O2. The number of nitrogens with one attached hydrogen (secondary N) is 1. The zero-order valence-electron chi connectivity index (χ0n) is 12.6. The van der Waals surface area contributed by atoms with Crippen molar-refractivity contribution in [1.82, 2.24) is 24.9 Å². The number of piperidine rings is 1. The quantitative estimate of drug-likeness (QED) is 0.805. The Morgan fingerprint density at radius 2 is 2.35 bits per heavy atom. The van der Waals surface area contributed by atoms with Gasteiger partial charge < -0.3 is 9.32 Å². The van der Waals surface area contributed by atoms with Crippen LogP contribution in [0.4, 0.5) is 0 Å². The van der Waals surface area contributed by atoms with E-state index in [1.807, 2.05) is 27.9 Å². The highest BCUT2D eigenvalue weighted by atomic mass is 16.3. The lowest BCUT2D eigenvalue weighted by Gasteiger charge is -2.32. The van der Waals surface area contributed by atoms with Crippen LogP contribution in [-0.4, -0.2) is 43.9 Å². The molecule has 1 N–H and O–H groups in total. The maximum absolute atomic E-state index is 12.7. The molecule has 3 aromatic heterocycles. The van der Waals surface area contributed by atoms with E-state index in [1.54, 1.807) is 24.6 Å². The second-order valence-corrected chi connectivity index (χ2v) is 5.68. The first kappa shape index (κ1) is 13.8. The topological polar surface area (TPSA) is 80.0 Å². The van der Waals surface area contributed by atoms with Gasteiger partial charge in [-0.2, -0.15) is 10.2 Å². The Morgan fingerprint density at radius 3 is 3.13 bits per heavy atom. The summed E-state index contributed by atoms with van der Waals surface area (Å²) in [6, 6.07) is 7.50. The van der Waals surface area contributed by atoms with Gasteiger partial charge in [-0.1, -0.05) is 0 Å². The van der Waals surface area contributed by atoms with E-state index in [4.69, 9.17) is 4.42 Å². The van der Waals surface area contributed by atoms with Gasteiger partial charge in [-0.25, -0.2) is 0 Å². The summed E-state index contributed by atoms with van der Waals surface area (Å²) in [5, 5.41) is 11.3. The van der Waals surface area contributed by atoms with E-state index in [0.29, 0.717) is 23.7 Å². The van der Waals surface area contributed by atoms with Gasteiger partial charge in [0.25, 0.3) is 5.91 Å². The summed E-state index contributed by atoms with van der Waals surface area (Å²) < 4.78 is 7.25. The third-order valence-corrected chi connectivity index (χ3v) is 4.17. The van der Waals surface area contributed by atoms with E-state index in [-0.39, 0.29) is 11.9 Å². The Hall–Kier alpha value is -2.83. The van der Waals surface area contributed by atoms with E-state index in [0.717, 1.165) is 19.4 Å². The van der Waals surface area contributed by atoms with Gasteiger partial charge in [-0.05, 0) is 31.0 Å². The van der Waals surface area contributed by atoms with Crippen LogP contribution in [0.15, 0.2) is 47.3 Å². The number of H-pyrrole nitrogens is 1. The lowest BCUT2D eigenvalue weighted by atomic mass is 10.1. The van der Waals surface area contributed by atoms with Crippen LogP contribution >= 0.6 is 0 Å². The van der Waals surface area contributed by atoms with Crippen molar-refractivity contribution in [3.8, 4) is 11.5 Å². The first-order valence-corrected chi connectivity index (χ1v) is 7.69. The number of aromatic amines is 1. The predicted octanol–water partition coefficient (Wildman–Crippen LogP) is 2.34. The summed E-state index contributed by atoms with van der Waals surface area (Å²) in [7, 11) is 0. The van der Waals surface area contributed by atoms with Gasteiger partial charge in [0.1, 0.15) is 5.69 Å². The van der Waals surface area contributed by atoms with Crippen molar-refractivity contribution >= 4 is 5.91 Å². The van der Waals surface area contributed by atoms with Crippen LogP contribution in [0, 0.1) is 0 Å². The fraction of sp³-hybridized carbons (Fsp3) is 0.312.